The number of carboxylic acids is 1. The number of hydrogen-bond donors (Lipinski definition) is 3. The van der Waals surface area contributed by atoms with Crippen molar-refractivity contribution in [2.24, 2.45) is 0 Å². The molecule has 1 aromatic rings. The Hall–Kier alpha value is -2.15. The number of anilines is 1. The molecular weight excluding hydrogens is 279 g/mol. The second-order valence-electron chi connectivity index (χ2n) is 4.34. The summed E-state index contributed by atoms with van der Waals surface area (Å²) >= 11 is 0. The van der Waals surface area contributed by atoms with Crippen LogP contribution in [0.3, 0.4) is 0 Å². The van der Waals surface area contributed by atoms with Crippen molar-refractivity contribution in [3.8, 4) is 0 Å². The van der Waals surface area contributed by atoms with Gasteiger partial charge in [-0.1, -0.05) is 6.92 Å². The second kappa shape index (κ2) is 8.91. The molecule has 0 radical (unpaired) electrons. The standard InChI is InChI=1S/C14H19FN2O4/c1-2-7-21-8-3-6-16-14(20)17-12-5-4-10(15)9-11(12)13(18)19/h4-5,9H,2-3,6-8H2,1H3,(H,18,19)(H2,16,17,20). The van der Waals surface area contributed by atoms with Crippen LogP contribution < -0.4 is 10.6 Å². The van der Waals surface area contributed by atoms with E-state index in [1.807, 2.05) is 6.92 Å². The Kier molecular flexibility index (Phi) is 7.17. The lowest BCUT2D eigenvalue weighted by molar-refractivity contribution is 0.0697. The van der Waals surface area contributed by atoms with Gasteiger partial charge in [-0.15, -0.1) is 0 Å². The molecule has 6 nitrogen and oxygen atoms in total. The molecule has 3 N–H and O–H groups in total. The fraction of sp³-hybridized carbons (Fsp3) is 0.429. The summed E-state index contributed by atoms with van der Waals surface area (Å²) in [7, 11) is 0. The van der Waals surface area contributed by atoms with Crippen molar-refractivity contribution in [1.29, 1.82) is 0 Å². The van der Waals surface area contributed by atoms with E-state index in [4.69, 9.17) is 9.84 Å². The van der Waals surface area contributed by atoms with Crippen molar-refractivity contribution in [3.63, 3.8) is 0 Å². The maximum atomic E-state index is 13.0. The number of nitrogens with one attached hydrogen (secondary N) is 2. The highest BCUT2D eigenvalue weighted by Gasteiger charge is 2.13. The zero-order chi connectivity index (χ0) is 15.7. The van der Waals surface area contributed by atoms with E-state index in [1.165, 1.54) is 6.07 Å². The molecule has 0 heterocycles. The smallest absolute Gasteiger partial charge is 0.337 e. The molecule has 0 saturated carbocycles. The second-order valence-corrected chi connectivity index (χ2v) is 4.34. The molecule has 1 aromatic carbocycles. The Labute approximate surface area is 122 Å². The van der Waals surface area contributed by atoms with E-state index >= 15 is 0 Å². The zero-order valence-corrected chi connectivity index (χ0v) is 11.8. The number of benzene rings is 1. The lowest BCUT2D eigenvalue weighted by Crippen LogP contribution is -2.30. The lowest BCUT2D eigenvalue weighted by atomic mass is 10.2. The van der Waals surface area contributed by atoms with Crippen molar-refractivity contribution in [1.82, 2.24) is 5.32 Å². The maximum absolute atomic E-state index is 13.0. The SMILES string of the molecule is CCCOCCCNC(=O)Nc1ccc(F)cc1C(=O)O. The molecule has 0 spiro atoms. The van der Waals surface area contributed by atoms with Crippen molar-refractivity contribution < 1.29 is 23.8 Å². The molecule has 0 aliphatic rings. The number of rotatable bonds is 8. The fourth-order valence-corrected chi connectivity index (χ4v) is 1.59. The molecule has 0 unspecified atom stereocenters. The molecule has 0 saturated heterocycles. The van der Waals surface area contributed by atoms with E-state index in [0.717, 1.165) is 18.6 Å². The highest BCUT2D eigenvalue weighted by Crippen LogP contribution is 2.16. The van der Waals surface area contributed by atoms with E-state index in [-0.39, 0.29) is 11.3 Å². The van der Waals surface area contributed by atoms with Crippen LogP contribution in [0.15, 0.2) is 18.2 Å². The number of hydrogen-bond acceptors (Lipinski definition) is 3. The highest BCUT2D eigenvalue weighted by molar-refractivity contribution is 5.99. The molecule has 1 rings (SSSR count). The summed E-state index contributed by atoms with van der Waals surface area (Å²) in [5.41, 5.74) is -0.250. The van der Waals surface area contributed by atoms with Gasteiger partial charge in [-0.25, -0.2) is 14.0 Å². The van der Waals surface area contributed by atoms with E-state index in [9.17, 15) is 14.0 Å². The van der Waals surface area contributed by atoms with Gasteiger partial charge in [-0.3, -0.25) is 0 Å². The van der Waals surface area contributed by atoms with Gasteiger partial charge in [0.2, 0.25) is 0 Å². The minimum absolute atomic E-state index is 0.0450. The van der Waals surface area contributed by atoms with Crippen LogP contribution >= 0.6 is 0 Å². The van der Waals surface area contributed by atoms with Gasteiger partial charge in [0, 0.05) is 19.8 Å². The van der Waals surface area contributed by atoms with Gasteiger partial charge in [0.15, 0.2) is 0 Å². The van der Waals surface area contributed by atoms with E-state index in [2.05, 4.69) is 10.6 Å². The average molecular weight is 298 g/mol. The molecule has 7 heteroatoms. The Morgan fingerprint density at radius 1 is 1.33 bits per heavy atom. The van der Waals surface area contributed by atoms with Crippen LogP contribution in [0.5, 0.6) is 0 Å². The first-order valence-electron chi connectivity index (χ1n) is 6.70. The summed E-state index contributed by atoms with van der Waals surface area (Å²) in [6, 6.07) is 2.61. The van der Waals surface area contributed by atoms with Crippen LogP contribution in [0.25, 0.3) is 0 Å². The van der Waals surface area contributed by atoms with Crippen LogP contribution in [-0.4, -0.2) is 36.9 Å². The molecule has 0 aromatic heterocycles. The highest BCUT2D eigenvalue weighted by atomic mass is 19.1. The zero-order valence-electron chi connectivity index (χ0n) is 11.8. The van der Waals surface area contributed by atoms with Crippen LogP contribution in [0.2, 0.25) is 0 Å². The number of amides is 2. The molecule has 116 valence electrons. The number of carbonyl (C=O) groups is 2. The summed E-state index contributed by atoms with van der Waals surface area (Å²) in [6.45, 7) is 3.64. The van der Waals surface area contributed by atoms with Crippen molar-refractivity contribution in [3.05, 3.63) is 29.6 Å². The van der Waals surface area contributed by atoms with Gasteiger partial charge < -0.3 is 20.5 Å². The Balaban J connectivity index is 2.43. The average Bonchev–Trinajstić information content (AvgIpc) is 2.44. The van der Waals surface area contributed by atoms with Crippen molar-refractivity contribution >= 4 is 17.7 Å². The maximum Gasteiger partial charge on any atom is 0.337 e. The Bertz CT molecular complexity index is 494. The fourth-order valence-electron chi connectivity index (χ4n) is 1.59. The van der Waals surface area contributed by atoms with Crippen molar-refractivity contribution in [2.75, 3.05) is 25.1 Å². The van der Waals surface area contributed by atoms with Crippen LogP contribution in [0.4, 0.5) is 14.9 Å². The first-order valence-corrected chi connectivity index (χ1v) is 6.70. The van der Waals surface area contributed by atoms with Gasteiger partial charge in [-0.2, -0.15) is 0 Å². The van der Waals surface area contributed by atoms with Crippen LogP contribution in [0.1, 0.15) is 30.1 Å². The number of ether oxygens (including phenoxy) is 1. The summed E-state index contributed by atoms with van der Waals surface area (Å²) in [5, 5.41) is 13.9. The molecule has 21 heavy (non-hydrogen) atoms. The normalized spacial score (nSPS) is 10.2. The molecule has 2 amide bonds. The van der Waals surface area contributed by atoms with Gasteiger partial charge in [0.25, 0.3) is 0 Å². The van der Waals surface area contributed by atoms with Crippen LogP contribution in [0, 0.1) is 5.82 Å². The first kappa shape index (κ1) is 16.9. The van der Waals surface area contributed by atoms with E-state index < -0.39 is 17.8 Å². The predicted molar refractivity (Wildman–Crippen MR) is 76.1 cm³/mol. The van der Waals surface area contributed by atoms with Gasteiger partial charge in [0.1, 0.15) is 5.82 Å². The Morgan fingerprint density at radius 2 is 2.10 bits per heavy atom. The van der Waals surface area contributed by atoms with Crippen LogP contribution in [-0.2, 0) is 4.74 Å². The summed E-state index contributed by atoms with van der Waals surface area (Å²) in [5.74, 6) is -1.98. The molecule has 0 atom stereocenters. The topological polar surface area (TPSA) is 87.7 Å². The summed E-state index contributed by atoms with van der Waals surface area (Å²) < 4.78 is 18.2. The van der Waals surface area contributed by atoms with Gasteiger partial charge in [-0.05, 0) is 31.0 Å². The quantitative estimate of drug-likeness (QED) is 0.643. The predicted octanol–water partition coefficient (Wildman–Crippen LogP) is 2.46. The minimum Gasteiger partial charge on any atom is -0.478 e. The third kappa shape index (κ3) is 6.22. The van der Waals surface area contributed by atoms with Gasteiger partial charge in [0.05, 0.1) is 11.3 Å². The Morgan fingerprint density at radius 3 is 2.76 bits per heavy atom. The molecule has 0 aliphatic heterocycles. The third-order valence-electron chi connectivity index (χ3n) is 2.56. The number of halogens is 1. The molecule has 0 fully saturated rings. The number of carbonyl (C=O) groups excluding carboxylic acids is 1. The van der Waals surface area contributed by atoms with E-state index in [0.29, 0.717) is 26.2 Å². The van der Waals surface area contributed by atoms with Crippen molar-refractivity contribution in [2.45, 2.75) is 19.8 Å². The molecule has 0 bridgehead atoms. The summed E-state index contributed by atoms with van der Waals surface area (Å²) in [4.78, 5) is 22.6. The molecule has 0 aliphatic carbocycles. The minimum atomic E-state index is -1.31. The number of urea groups is 1. The third-order valence-corrected chi connectivity index (χ3v) is 2.56. The number of carboxylic acid groups (broad SMARTS) is 1. The van der Waals surface area contributed by atoms with Gasteiger partial charge >= 0.3 is 12.0 Å². The first-order chi connectivity index (χ1) is 10.0. The molecular formula is C14H19FN2O4. The summed E-state index contributed by atoms with van der Waals surface area (Å²) in [6.07, 6.45) is 1.60. The lowest BCUT2D eigenvalue weighted by Gasteiger charge is -2.10. The number of aromatic carboxylic acids is 1. The van der Waals surface area contributed by atoms with E-state index in [1.54, 1.807) is 0 Å². The monoisotopic (exact) mass is 298 g/mol. The largest absolute Gasteiger partial charge is 0.478 e.